The molecule has 0 heterocycles. The zero-order chi connectivity index (χ0) is 17.1. The van der Waals surface area contributed by atoms with Gasteiger partial charge in [0, 0.05) is 18.2 Å². The van der Waals surface area contributed by atoms with Crippen LogP contribution in [0, 0.1) is 0 Å². The molecule has 0 spiro atoms. The first-order valence-corrected chi connectivity index (χ1v) is 8.26. The molecule has 0 saturated carbocycles. The lowest BCUT2D eigenvalue weighted by atomic mass is 10.1. The van der Waals surface area contributed by atoms with Gasteiger partial charge in [-0.2, -0.15) is 4.31 Å². The van der Waals surface area contributed by atoms with Gasteiger partial charge in [0.1, 0.15) is 0 Å². The summed E-state index contributed by atoms with van der Waals surface area (Å²) in [5, 5.41) is 2.70. The van der Waals surface area contributed by atoms with Crippen LogP contribution in [0.25, 0.3) is 0 Å². The minimum absolute atomic E-state index is 0.00809. The summed E-state index contributed by atoms with van der Waals surface area (Å²) in [4.78, 5) is 23.2. The number of likely N-dealkylation sites (N-methyl/N-ethyl adjacent to an activating group) is 1. The highest BCUT2D eigenvalue weighted by atomic mass is 32.2. The van der Waals surface area contributed by atoms with Gasteiger partial charge < -0.3 is 5.32 Å². The number of amides is 1. The minimum atomic E-state index is -3.83. The van der Waals surface area contributed by atoms with Gasteiger partial charge in [-0.1, -0.05) is 12.1 Å². The molecule has 1 aromatic carbocycles. The van der Waals surface area contributed by atoms with Crippen molar-refractivity contribution in [1.82, 2.24) is 9.62 Å². The molecule has 0 aliphatic rings. The molecule has 0 aliphatic carbocycles. The summed E-state index contributed by atoms with van der Waals surface area (Å²) in [7, 11) is -2.49. The molecule has 0 bridgehead atoms. The molecule has 0 unspecified atom stereocenters. The number of rotatable bonds is 5. The van der Waals surface area contributed by atoms with Crippen LogP contribution in [0.2, 0.25) is 0 Å². The summed E-state index contributed by atoms with van der Waals surface area (Å²) in [5.74, 6) is -0.605. The van der Waals surface area contributed by atoms with Crippen molar-refractivity contribution in [3.8, 4) is 0 Å². The van der Waals surface area contributed by atoms with Crippen LogP contribution < -0.4 is 5.32 Å². The van der Waals surface area contributed by atoms with Crippen LogP contribution in [-0.4, -0.2) is 43.5 Å². The first-order valence-electron chi connectivity index (χ1n) is 6.82. The highest BCUT2D eigenvalue weighted by Crippen LogP contribution is 2.16. The molecule has 7 heteroatoms. The van der Waals surface area contributed by atoms with E-state index < -0.39 is 15.6 Å². The third kappa shape index (κ3) is 4.92. The van der Waals surface area contributed by atoms with E-state index in [0.29, 0.717) is 5.56 Å². The third-order valence-electron chi connectivity index (χ3n) is 2.83. The molecule has 1 amide bonds. The Labute approximate surface area is 131 Å². The second-order valence-electron chi connectivity index (χ2n) is 6.14. The van der Waals surface area contributed by atoms with E-state index in [4.69, 9.17) is 0 Å². The van der Waals surface area contributed by atoms with Crippen molar-refractivity contribution in [2.24, 2.45) is 0 Å². The van der Waals surface area contributed by atoms with Crippen molar-refractivity contribution in [1.29, 1.82) is 0 Å². The average Bonchev–Trinajstić information content (AvgIpc) is 2.36. The summed E-state index contributed by atoms with van der Waals surface area (Å²) < 4.78 is 25.9. The van der Waals surface area contributed by atoms with Crippen molar-refractivity contribution < 1.29 is 18.0 Å². The highest BCUT2D eigenvalue weighted by Gasteiger charge is 2.25. The Morgan fingerprint density at radius 3 is 2.32 bits per heavy atom. The third-order valence-corrected chi connectivity index (χ3v) is 4.63. The number of nitrogens with one attached hydrogen (secondary N) is 1. The molecule has 0 radical (unpaired) electrons. The Bertz CT molecular complexity index is 675. The summed E-state index contributed by atoms with van der Waals surface area (Å²) >= 11 is 0. The lowest BCUT2D eigenvalue weighted by Gasteiger charge is -2.23. The molecule has 0 saturated heterocycles. The Morgan fingerprint density at radius 1 is 1.23 bits per heavy atom. The summed E-state index contributed by atoms with van der Waals surface area (Å²) in [6, 6.07) is 5.77. The Morgan fingerprint density at radius 2 is 1.82 bits per heavy atom. The number of nitrogens with zero attached hydrogens (tertiary/aromatic N) is 1. The Hall–Kier alpha value is -1.73. The van der Waals surface area contributed by atoms with Crippen LogP contribution in [0.15, 0.2) is 29.2 Å². The van der Waals surface area contributed by atoms with E-state index >= 15 is 0 Å². The largest absolute Gasteiger partial charge is 0.350 e. The van der Waals surface area contributed by atoms with Gasteiger partial charge in [-0.15, -0.1) is 0 Å². The topological polar surface area (TPSA) is 83.6 Å². The number of carbonyl (C=O) groups excluding carboxylic acids is 2. The molecule has 0 atom stereocenters. The molecule has 1 N–H and O–H groups in total. The van der Waals surface area contributed by atoms with E-state index in [0.717, 1.165) is 4.31 Å². The van der Waals surface area contributed by atoms with E-state index in [1.807, 2.05) is 20.8 Å². The van der Waals surface area contributed by atoms with Crippen molar-refractivity contribution in [2.45, 2.75) is 38.1 Å². The van der Waals surface area contributed by atoms with E-state index in [1.165, 1.54) is 32.2 Å². The summed E-state index contributed by atoms with van der Waals surface area (Å²) in [6.45, 7) is 6.53. The number of carbonyl (C=O) groups is 2. The summed E-state index contributed by atoms with van der Waals surface area (Å²) in [5.41, 5.74) is -0.121. The molecule has 22 heavy (non-hydrogen) atoms. The van der Waals surface area contributed by atoms with Gasteiger partial charge in [0.25, 0.3) is 0 Å². The fourth-order valence-electron chi connectivity index (χ4n) is 1.80. The van der Waals surface area contributed by atoms with E-state index in [9.17, 15) is 18.0 Å². The van der Waals surface area contributed by atoms with Gasteiger partial charge in [0.15, 0.2) is 5.78 Å². The van der Waals surface area contributed by atoms with Crippen LogP contribution in [0.1, 0.15) is 38.1 Å². The first kappa shape index (κ1) is 18.3. The van der Waals surface area contributed by atoms with Crippen molar-refractivity contribution in [3.63, 3.8) is 0 Å². The van der Waals surface area contributed by atoms with E-state index in [-0.39, 0.29) is 23.1 Å². The van der Waals surface area contributed by atoms with Gasteiger partial charge >= 0.3 is 0 Å². The van der Waals surface area contributed by atoms with E-state index in [2.05, 4.69) is 5.32 Å². The molecule has 1 rings (SSSR count). The standard InChI is InChI=1S/C15H22N2O4S/c1-11(18)12-7-6-8-13(9-12)22(20,21)17(5)10-14(19)16-15(2,3)4/h6-9H,10H2,1-5H3,(H,16,19). The lowest BCUT2D eigenvalue weighted by Crippen LogP contribution is -2.46. The van der Waals surface area contributed by atoms with Gasteiger partial charge in [0.05, 0.1) is 11.4 Å². The van der Waals surface area contributed by atoms with Crippen LogP contribution in [0.4, 0.5) is 0 Å². The predicted octanol–water partition coefficient (Wildman–Crippen LogP) is 1.42. The molecule has 122 valence electrons. The average molecular weight is 326 g/mol. The number of sulfonamides is 1. The monoisotopic (exact) mass is 326 g/mol. The van der Waals surface area contributed by atoms with Crippen LogP contribution >= 0.6 is 0 Å². The van der Waals surface area contributed by atoms with Crippen molar-refractivity contribution in [3.05, 3.63) is 29.8 Å². The maximum Gasteiger partial charge on any atom is 0.243 e. The van der Waals surface area contributed by atoms with Gasteiger partial charge in [-0.25, -0.2) is 8.42 Å². The smallest absolute Gasteiger partial charge is 0.243 e. The molecule has 1 aromatic rings. The summed E-state index contributed by atoms with van der Waals surface area (Å²) in [6.07, 6.45) is 0. The fourth-order valence-corrected chi connectivity index (χ4v) is 2.97. The van der Waals surface area contributed by atoms with Gasteiger partial charge in [0.2, 0.25) is 15.9 Å². The van der Waals surface area contributed by atoms with Gasteiger partial charge in [-0.3, -0.25) is 9.59 Å². The van der Waals surface area contributed by atoms with Crippen LogP contribution in [0.5, 0.6) is 0 Å². The number of hydrogen-bond acceptors (Lipinski definition) is 4. The molecule has 6 nitrogen and oxygen atoms in total. The van der Waals surface area contributed by atoms with Gasteiger partial charge in [-0.05, 0) is 39.8 Å². The van der Waals surface area contributed by atoms with E-state index in [1.54, 1.807) is 6.07 Å². The number of Topliss-reactive ketones (excluding diaryl/α,β-unsaturated/α-hetero) is 1. The van der Waals surface area contributed by atoms with Crippen molar-refractivity contribution in [2.75, 3.05) is 13.6 Å². The maximum absolute atomic E-state index is 12.4. The zero-order valence-electron chi connectivity index (χ0n) is 13.5. The minimum Gasteiger partial charge on any atom is -0.350 e. The zero-order valence-corrected chi connectivity index (χ0v) is 14.3. The Balaban J connectivity index is 2.96. The van der Waals surface area contributed by atoms with Crippen molar-refractivity contribution >= 4 is 21.7 Å². The van der Waals surface area contributed by atoms with Crippen LogP contribution in [-0.2, 0) is 14.8 Å². The normalized spacial score (nSPS) is 12.3. The first-order chi connectivity index (χ1) is 9.93. The fraction of sp³-hybridized carbons (Fsp3) is 0.467. The number of ketones is 1. The SMILES string of the molecule is CC(=O)c1cccc(S(=O)(=O)N(C)CC(=O)NC(C)(C)C)c1. The molecule has 0 aliphatic heterocycles. The molecular formula is C15H22N2O4S. The predicted molar refractivity (Wildman–Crippen MR) is 84.2 cm³/mol. The second kappa shape index (κ2) is 6.58. The lowest BCUT2D eigenvalue weighted by molar-refractivity contribution is -0.122. The molecule has 0 fully saturated rings. The van der Waals surface area contributed by atoms with Crippen LogP contribution in [0.3, 0.4) is 0 Å². The number of benzene rings is 1. The molecular weight excluding hydrogens is 304 g/mol. The molecule has 0 aromatic heterocycles. The maximum atomic E-state index is 12.4. The second-order valence-corrected chi connectivity index (χ2v) is 8.19. The quantitative estimate of drug-likeness (QED) is 0.830. The number of hydrogen-bond donors (Lipinski definition) is 1. The Kier molecular flexibility index (Phi) is 5.48. The highest BCUT2D eigenvalue weighted by molar-refractivity contribution is 7.89.